The molecule has 2 aromatic rings. The van der Waals surface area contributed by atoms with E-state index in [0.29, 0.717) is 5.88 Å². The first kappa shape index (κ1) is 9.34. The van der Waals surface area contributed by atoms with E-state index in [1.54, 1.807) is 0 Å². The van der Waals surface area contributed by atoms with Crippen molar-refractivity contribution in [2.45, 2.75) is 5.88 Å². The Labute approximate surface area is 87.7 Å². The second kappa shape index (κ2) is 3.50. The normalized spacial score (nSPS) is 10.8. The van der Waals surface area contributed by atoms with E-state index in [9.17, 15) is 0 Å². The number of aromatic nitrogens is 2. The molecular weight excluding hydrogens is 198 g/mol. The van der Waals surface area contributed by atoms with Gasteiger partial charge in [-0.3, -0.25) is 0 Å². The number of halogens is 1. The minimum Gasteiger partial charge on any atom is -0.376 e. The molecule has 0 aliphatic heterocycles. The summed E-state index contributed by atoms with van der Waals surface area (Å²) in [7, 11) is 4.01. The maximum absolute atomic E-state index is 5.72. The van der Waals surface area contributed by atoms with Crippen molar-refractivity contribution in [2.75, 3.05) is 19.0 Å². The third-order valence-corrected chi connectivity index (χ3v) is 2.40. The van der Waals surface area contributed by atoms with Crippen LogP contribution in [0.2, 0.25) is 0 Å². The van der Waals surface area contributed by atoms with Gasteiger partial charge in [0, 0.05) is 14.1 Å². The molecule has 0 radical (unpaired) electrons. The molecule has 1 N–H and O–H groups in total. The number of imidazole rings is 1. The molecule has 4 heteroatoms. The van der Waals surface area contributed by atoms with Gasteiger partial charge >= 0.3 is 0 Å². The Morgan fingerprint density at radius 2 is 2.21 bits per heavy atom. The van der Waals surface area contributed by atoms with Crippen LogP contribution in [0.1, 0.15) is 5.82 Å². The lowest BCUT2D eigenvalue weighted by Gasteiger charge is -2.11. The lowest BCUT2D eigenvalue weighted by molar-refractivity contribution is 1.12. The molecule has 0 amide bonds. The molecule has 3 nitrogen and oxygen atoms in total. The number of rotatable bonds is 2. The Hall–Kier alpha value is -1.22. The Kier molecular flexibility index (Phi) is 2.33. The first-order chi connectivity index (χ1) is 6.72. The van der Waals surface area contributed by atoms with Gasteiger partial charge in [0.05, 0.1) is 17.1 Å². The van der Waals surface area contributed by atoms with Crippen LogP contribution in [0.3, 0.4) is 0 Å². The molecule has 0 atom stereocenters. The van der Waals surface area contributed by atoms with Gasteiger partial charge < -0.3 is 9.88 Å². The van der Waals surface area contributed by atoms with E-state index in [2.05, 4.69) is 9.97 Å². The highest BCUT2D eigenvalue weighted by molar-refractivity contribution is 6.16. The van der Waals surface area contributed by atoms with E-state index < -0.39 is 0 Å². The largest absolute Gasteiger partial charge is 0.376 e. The van der Waals surface area contributed by atoms with Crippen LogP contribution in [0.5, 0.6) is 0 Å². The minimum atomic E-state index is 0.418. The summed E-state index contributed by atoms with van der Waals surface area (Å²) in [4.78, 5) is 9.64. The molecule has 1 heterocycles. The molecule has 0 saturated carbocycles. The first-order valence-electron chi connectivity index (χ1n) is 4.43. The molecule has 0 saturated heterocycles. The SMILES string of the molecule is CN(C)c1cccc2[nH]c(CCl)nc12. The van der Waals surface area contributed by atoms with Crippen LogP contribution in [0.15, 0.2) is 18.2 Å². The predicted octanol–water partition coefficient (Wildman–Crippen LogP) is 2.37. The van der Waals surface area contributed by atoms with Crippen LogP contribution < -0.4 is 4.90 Å². The maximum Gasteiger partial charge on any atom is 0.122 e. The second-order valence-electron chi connectivity index (χ2n) is 3.38. The number of nitrogens with one attached hydrogen (secondary N) is 1. The Balaban J connectivity index is 2.66. The Morgan fingerprint density at radius 1 is 1.43 bits per heavy atom. The van der Waals surface area contributed by atoms with Crippen molar-refractivity contribution in [3.63, 3.8) is 0 Å². The monoisotopic (exact) mass is 209 g/mol. The second-order valence-corrected chi connectivity index (χ2v) is 3.65. The standard InChI is InChI=1S/C10H12ClN3/c1-14(2)8-5-3-4-7-10(8)13-9(6-11)12-7/h3-5H,6H2,1-2H3,(H,12,13). The summed E-state index contributed by atoms with van der Waals surface area (Å²) in [5, 5.41) is 0. The number of fused-ring (bicyclic) bond motifs is 1. The van der Waals surface area contributed by atoms with Gasteiger partial charge in [-0.25, -0.2) is 4.98 Å². The molecule has 1 aromatic heterocycles. The van der Waals surface area contributed by atoms with Crippen molar-refractivity contribution >= 4 is 28.3 Å². The summed E-state index contributed by atoms with van der Waals surface area (Å²) in [6.45, 7) is 0. The smallest absolute Gasteiger partial charge is 0.122 e. The van der Waals surface area contributed by atoms with Crippen molar-refractivity contribution in [3.05, 3.63) is 24.0 Å². The lowest BCUT2D eigenvalue weighted by atomic mass is 10.2. The zero-order valence-corrected chi connectivity index (χ0v) is 8.97. The van der Waals surface area contributed by atoms with E-state index in [0.717, 1.165) is 22.5 Å². The number of benzene rings is 1. The Bertz CT molecular complexity index is 448. The third-order valence-electron chi connectivity index (χ3n) is 2.15. The fourth-order valence-corrected chi connectivity index (χ4v) is 1.62. The average Bonchev–Trinajstić information content (AvgIpc) is 2.59. The van der Waals surface area contributed by atoms with Crippen LogP contribution in [0.25, 0.3) is 11.0 Å². The highest BCUT2D eigenvalue weighted by Crippen LogP contribution is 2.23. The third kappa shape index (κ3) is 1.44. The topological polar surface area (TPSA) is 31.9 Å². The minimum absolute atomic E-state index is 0.418. The molecule has 0 fully saturated rings. The van der Waals surface area contributed by atoms with Gasteiger partial charge in [-0.2, -0.15) is 0 Å². The van der Waals surface area contributed by atoms with E-state index in [4.69, 9.17) is 11.6 Å². The molecule has 0 aliphatic carbocycles. The van der Waals surface area contributed by atoms with Crippen LogP contribution in [-0.2, 0) is 5.88 Å². The van der Waals surface area contributed by atoms with Gasteiger partial charge in [0.1, 0.15) is 11.3 Å². The summed E-state index contributed by atoms with van der Waals surface area (Å²) < 4.78 is 0. The van der Waals surface area contributed by atoms with Gasteiger partial charge in [0.15, 0.2) is 0 Å². The molecule has 2 rings (SSSR count). The molecule has 0 unspecified atom stereocenters. The van der Waals surface area contributed by atoms with Crippen LogP contribution in [0, 0.1) is 0 Å². The first-order valence-corrected chi connectivity index (χ1v) is 4.96. The summed E-state index contributed by atoms with van der Waals surface area (Å²) in [6, 6.07) is 6.06. The lowest BCUT2D eigenvalue weighted by Crippen LogP contribution is -2.08. The van der Waals surface area contributed by atoms with Crippen LogP contribution in [0.4, 0.5) is 5.69 Å². The number of nitrogens with zero attached hydrogens (tertiary/aromatic N) is 2. The van der Waals surface area contributed by atoms with E-state index in [1.807, 2.05) is 37.2 Å². The van der Waals surface area contributed by atoms with Gasteiger partial charge in [0.25, 0.3) is 0 Å². The predicted molar refractivity (Wildman–Crippen MR) is 60.0 cm³/mol. The zero-order valence-electron chi connectivity index (χ0n) is 8.21. The molecule has 0 spiro atoms. The van der Waals surface area contributed by atoms with Gasteiger partial charge in [-0.1, -0.05) is 6.07 Å². The molecule has 0 bridgehead atoms. The van der Waals surface area contributed by atoms with Crippen molar-refractivity contribution in [3.8, 4) is 0 Å². The number of para-hydroxylation sites is 1. The summed E-state index contributed by atoms with van der Waals surface area (Å²) in [6.07, 6.45) is 0. The maximum atomic E-state index is 5.72. The number of hydrogen-bond donors (Lipinski definition) is 1. The summed E-state index contributed by atoms with van der Waals surface area (Å²) >= 11 is 5.72. The number of alkyl halides is 1. The van der Waals surface area contributed by atoms with E-state index in [1.165, 1.54) is 0 Å². The zero-order chi connectivity index (χ0) is 10.1. The van der Waals surface area contributed by atoms with Gasteiger partial charge in [0.2, 0.25) is 0 Å². The van der Waals surface area contributed by atoms with Crippen LogP contribution >= 0.6 is 11.6 Å². The summed E-state index contributed by atoms with van der Waals surface area (Å²) in [5.41, 5.74) is 3.12. The fraction of sp³-hybridized carbons (Fsp3) is 0.300. The van der Waals surface area contributed by atoms with E-state index in [-0.39, 0.29) is 0 Å². The van der Waals surface area contributed by atoms with E-state index >= 15 is 0 Å². The Morgan fingerprint density at radius 3 is 2.86 bits per heavy atom. The number of anilines is 1. The quantitative estimate of drug-likeness (QED) is 0.771. The van der Waals surface area contributed by atoms with Crippen LogP contribution in [-0.4, -0.2) is 24.1 Å². The fourth-order valence-electron chi connectivity index (χ4n) is 1.49. The molecule has 1 aromatic carbocycles. The number of H-pyrrole nitrogens is 1. The molecular formula is C10H12ClN3. The van der Waals surface area contributed by atoms with Gasteiger partial charge in [-0.15, -0.1) is 11.6 Å². The molecule has 0 aliphatic rings. The average molecular weight is 210 g/mol. The highest BCUT2D eigenvalue weighted by Gasteiger charge is 2.07. The van der Waals surface area contributed by atoms with Crippen molar-refractivity contribution in [1.82, 2.24) is 9.97 Å². The van der Waals surface area contributed by atoms with Crippen molar-refractivity contribution in [1.29, 1.82) is 0 Å². The number of aromatic amines is 1. The highest BCUT2D eigenvalue weighted by atomic mass is 35.5. The molecule has 14 heavy (non-hydrogen) atoms. The molecule has 74 valence electrons. The van der Waals surface area contributed by atoms with Crippen molar-refractivity contribution < 1.29 is 0 Å². The number of hydrogen-bond acceptors (Lipinski definition) is 2. The van der Waals surface area contributed by atoms with Gasteiger partial charge in [-0.05, 0) is 12.1 Å². The van der Waals surface area contributed by atoms with Crippen molar-refractivity contribution in [2.24, 2.45) is 0 Å². The summed E-state index contributed by atoms with van der Waals surface area (Å²) in [5.74, 6) is 1.23.